The van der Waals surface area contributed by atoms with Crippen molar-refractivity contribution in [2.24, 2.45) is 0 Å². The van der Waals surface area contributed by atoms with Gasteiger partial charge in [-0.05, 0) is 127 Å². The van der Waals surface area contributed by atoms with Crippen LogP contribution in [0.4, 0.5) is 0 Å². The Morgan fingerprint density at radius 2 is 0.651 bits per heavy atom. The summed E-state index contributed by atoms with van der Waals surface area (Å²) in [5.41, 5.74) is 2.97. The van der Waals surface area contributed by atoms with Crippen molar-refractivity contribution in [3.05, 3.63) is 143 Å². The van der Waals surface area contributed by atoms with Crippen LogP contribution < -0.4 is 9.05 Å². The molecule has 63 heavy (non-hydrogen) atoms. The average Bonchev–Trinajstić information content (AvgIpc) is 3.61. The summed E-state index contributed by atoms with van der Waals surface area (Å²) in [6, 6.07) is 48.4. The molecule has 0 N–H and O–H groups in total. The Balaban J connectivity index is 1.13. The lowest BCUT2D eigenvalue weighted by Gasteiger charge is -2.09. The van der Waals surface area contributed by atoms with Crippen LogP contribution in [0.1, 0.15) is 0 Å². The molecule has 0 fully saturated rings. The predicted octanol–water partition coefficient (Wildman–Crippen LogP) is 18.7. The van der Waals surface area contributed by atoms with Crippen LogP contribution in [0.2, 0.25) is 0 Å². The van der Waals surface area contributed by atoms with Gasteiger partial charge in [0, 0.05) is 21.5 Å². The van der Waals surface area contributed by atoms with Crippen molar-refractivity contribution in [1.29, 1.82) is 0 Å². The Morgan fingerprint density at radius 3 is 0.921 bits per heavy atom. The van der Waals surface area contributed by atoms with Gasteiger partial charge in [0.1, 0.15) is 0 Å². The third kappa shape index (κ3) is 7.15. The lowest BCUT2D eigenvalue weighted by atomic mass is 9.98. The van der Waals surface area contributed by atoms with Gasteiger partial charge in [-0.15, -0.1) is 47.0 Å². The van der Waals surface area contributed by atoms with E-state index >= 15 is 0 Å². The highest BCUT2D eigenvalue weighted by atomic mass is 127. The van der Waals surface area contributed by atoms with E-state index in [1.807, 2.05) is 18.2 Å². The summed E-state index contributed by atoms with van der Waals surface area (Å²) in [4.78, 5) is 4.01. The van der Waals surface area contributed by atoms with E-state index in [1.165, 1.54) is 0 Å². The second-order valence-corrected chi connectivity index (χ2v) is 21.0. The highest BCUT2D eigenvalue weighted by Gasteiger charge is 2.23. The van der Waals surface area contributed by atoms with Gasteiger partial charge in [0.2, 0.25) is 0 Å². The van der Waals surface area contributed by atoms with Crippen LogP contribution in [0.25, 0.3) is 87.0 Å². The Labute approximate surface area is 394 Å². The summed E-state index contributed by atoms with van der Waals surface area (Å²) < 4.78 is 42.4. The van der Waals surface area contributed by atoms with Crippen LogP contribution in [-0.2, 0) is 0 Å². The zero-order chi connectivity index (χ0) is 42.8. The Morgan fingerprint density at radius 1 is 0.381 bits per heavy atom. The Bertz CT molecular complexity index is 3290. The molecule has 2 heterocycles. The molecule has 0 saturated carbocycles. The van der Waals surface area contributed by atoms with Gasteiger partial charge in [0.25, 0.3) is 0 Å². The third-order valence-electron chi connectivity index (χ3n) is 11.2. The number of rotatable bonds is 8. The van der Waals surface area contributed by atoms with E-state index in [0.29, 0.717) is 11.5 Å². The van der Waals surface area contributed by atoms with Crippen LogP contribution in [0, 0.1) is 3.57 Å². The van der Waals surface area contributed by atoms with Gasteiger partial charge in [0.15, 0.2) is 33.8 Å². The summed E-state index contributed by atoms with van der Waals surface area (Å²) in [7, 11) is -4.04. The minimum Gasteiger partial charge on any atom is -0.389 e. The van der Waals surface area contributed by atoms with E-state index in [9.17, 15) is 0 Å². The van der Waals surface area contributed by atoms with Gasteiger partial charge in [-0.1, -0.05) is 103 Å². The van der Waals surface area contributed by atoms with Crippen molar-refractivity contribution >= 4 is 173 Å². The van der Waals surface area contributed by atoms with Gasteiger partial charge >= 0.3 is 16.5 Å². The number of halogens is 1. The van der Waals surface area contributed by atoms with Gasteiger partial charge in [0.05, 0.1) is 23.2 Å². The van der Waals surface area contributed by atoms with Crippen molar-refractivity contribution in [3.8, 4) is 11.5 Å². The van der Waals surface area contributed by atoms with E-state index in [0.717, 1.165) is 110 Å². The SMILES string of the molecule is CSc1cc2ccccc2c2c1op(Oc1cccc(Op3oc4c(SC)cc5ccccc5c4c4c(o3)c(SC)cc3ccccc34)c1I)oc1c(SC)cc3ccccc3c12. The third-order valence-corrected chi connectivity index (χ3v) is 17.2. The highest BCUT2D eigenvalue weighted by molar-refractivity contribution is 14.1. The van der Waals surface area contributed by atoms with Crippen molar-refractivity contribution in [3.63, 3.8) is 0 Å². The monoisotopic (exact) mass is 1050 g/mol. The second kappa shape index (κ2) is 17.2. The molecule has 0 aliphatic heterocycles. The second-order valence-electron chi connectivity index (χ2n) is 14.6. The molecular weight excluding hydrogens is 1010 g/mol. The molecule has 0 unspecified atom stereocenters. The van der Waals surface area contributed by atoms with E-state index in [4.69, 9.17) is 25.8 Å². The molecule has 0 bridgehead atoms. The van der Waals surface area contributed by atoms with Crippen molar-refractivity contribution in [2.45, 2.75) is 19.6 Å². The molecule has 0 aliphatic rings. The van der Waals surface area contributed by atoms with Crippen molar-refractivity contribution < 1.29 is 25.8 Å². The average molecular weight is 1050 g/mol. The molecule has 0 amide bonds. The Hall–Kier alpha value is -4.45. The molecule has 11 rings (SSSR count). The summed E-state index contributed by atoms with van der Waals surface area (Å²) in [6.07, 6.45) is 8.31. The molecule has 0 spiro atoms. The number of fused-ring (bicyclic) bond motifs is 14. The minimum atomic E-state index is -2.02. The first-order valence-corrected chi connectivity index (χ1v) is 28.0. The highest BCUT2D eigenvalue weighted by Crippen LogP contribution is 2.50. The van der Waals surface area contributed by atoms with E-state index in [-0.39, 0.29) is 0 Å². The summed E-state index contributed by atoms with van der Waals surface area (Å²) in [6.45, 7) is 0. The predicted molar refractivity (Wildman–Crippen MR) is 281 cm³/mol. The molecule has 2 aromatic heterocycles. The molecule has 312 valence electrons. The molecular formula is C50H35IO6P2S4. The van der Waals surface area contributed by atoms with E-state index < -0.39 is 16.5 Å². The van der Waals surface area contributed by atoms with Gasteiger partial charge < -0.3 is 25.8 Å². The maximum Gasteiger partial charge on any atom is 0.453 e. The molecule has 0 saturated heterocycles. The Kier molecular flexibility index (Phi) is 11.2. The molecule has 13 heteroatoms. The topological polar surface area (TPSA) is 71.0 Å². The van der Waals surface area contributed by atoms with E-state index in [1.54, 1.807) is 47.0 Å². The minimum absolute atomic E-state index is 0.555. The first-order chi connectivity index (χ1) is 31.0. The van der Waals surface area contributed by atoms with Gasteiger partial charge in [-0.3, -0.25) is 0 Å². The molecule has 9 aromatic carbocycles. The lowest BCUT2D eigenvalue weighted by Crippen LogP contribution is -1.88. The maximum atomic E-state index is 6.98. The normalized spacial score (nSPS) is 11.8. The van der Waals surface area contributed by atoms with Crippen molar-refractivity contribution in [2.75, 3.05) is 25.0 Å². The fraction of sp³-hybridized carbons (Fsp3) is 0.0800. The van der Waals surface area contributed by atoms with Gasteiger partial charge in [-0.2, -0.15) is 0 Å². The smallest absolute Gasteiger partial charge is 0.389 e. The molecule has 11 aromatic rings. The zero-order valence-corrected chi connectivity index (χ0v) is 41.3. The lowest BCUT2D eigenvalue weighted by molar-refractivity contribution is 0.479. The van der Waals surface area contributed by atoms with Crippen LogP contribution in [-0.4, -0.2) is 25.0 Å². The fourth-order valence-electron chi connectivity index (χ4n) is 8.38. The number of benzene rings is 9. The fourth-order valence-corrected chi connectivity index (χ4v) is 14.1. The summed E-state index contributed by atoms with van der Waals surface area (Å²) in [5, 5.41) is 12.9. The largest absolute Gasteiger partial charge is 0.453 e. The molecule has 6 nitrogen and oxygen atoms in total. The first kappa shape index (κ1) is 41.3. The maximum absolute atomic E-state index is 6.98. The summed E-state index contributed by atoms with van der Waals surface area (Å²) in [5.74, 6) is 1.11. The van der Waals surface area contributed by atoms with Crippen LogP contribution in [0.15, 0.2) is 176 Å². The number of hydrogen-bond donors (Lipinski definition) is 0. The number of thioether (sulfide) groups is 4. The van der Waals surface area contributed by atoms with Crippen LogP contribution >= 0.6 is 86.1 Å². The van der Waals surface area contributed by atoms with Crippen LogP contribution in [0.3, 0.4) is 0 Å². The molecule has 0 atom stereocenters. The zero-order valence-electron chi connectivity index (χ0n) is 34.1. The molecule has 0 aliphatic carbocycles. The van der Waals surface area contributed by atoms with Crippen molar-refractivity contribution in [1.82, 2.24) is 0 Å². The summed E-state index contributed by atoms with van der Waals surface area (Å²) >= 11 is 8.88. The molecule has 0 radical (unpaired) electrons. The van der Waals surface area contributed by atoms with Gasteiger partial charge in [-0.25, -0.2) is 0 Å². The standard InChI is InChI=1S/C50H35IO6P2S4/c1-60-38-24-28-14-5-9-18-32(28)42-43-33-19-10-6-15-29(33)25-39(61-2)48(43)55-58(54-47(38)42)52-36-22-13-23-37(46(36)51)53-59-56-49-40(62-3)26-30-16-7-11-20-34(30)44(49)45-35-21-12-8-17-31(35)27-41(63-4)50(45)57-59/h5-27H,1-4H3. The quantitative estimate of drug-likeness (QED) is 0.109. The first-order valence-electron chi connectivity index (χ1n) is 19.8. The van der Waals surface area contributed by atoms with E-state index in [2.05, 4.69) is 169 Å². The number of hydrogen-bond acceptors (Lipinski definition) is 10. The van der Waals surface area contributed by atoms with Crippen LogP contribution in [0.5, 0.6) is 11.5 Å².